The summed E-state index contributed by atoms with van der Waals surface area (Å²) in [6.07, 6.45) is -1.18. The summed E-state index contributed by atoms with van der Waals surface area (Å²) in [5.41, 5.74) is 0. The van der Waals surface area contributed by atoms with Crippen LogP contribution in [0, 0.1) is 0 Å². The Hall–Kier alpha value is -0.810. The highest BCUT2D eigenvalue weighted by molar-refractivity contribution is 5.64. The van der Waals surface area contributed by atoms with E-state index in [0.29, 0.717) is 19.6 Å². The van der Waals surface area contributed by atoms with Gasteiger partial charge in [0.05, 0.1) is 25.4 Å². The van der Waals surface area contributed by atoms with Crippen LogP contribution < -0.4 is 5.32 Å². The molecule has 0 spiro atoms. The third-order valence-corrected chi connectivity index (χ3v) is 1.51. The number of carbonyl (C=O) groups is 1. The largest absolute Gasteiger partial charge is 0.465 e. The quantitative estimate of drug-likeness (QED) is 0.480. The standard InChI is InChI=1S/C6H11NO4/c8-5-1-4(2-11-3-5)7-6(9)10/h4-5,7-8H,1-3H2,(H,9,10). The fourth-order valence-electron chi connectivity index (χ4n) is 1.09. The summed E-state index contributed by atoms with van der Waals surface area (Å²) >= 11 is 0. The van der Waals surface area contributed by atoms with E-state index >= 15 is 0 Å². The number of ether oxygens (including phenoxy) is 1. The first-order valence-electron chi connectivity index (χ1n) is 3.43. The summed E-state index contributed by atoms with van der Waals surface area (Å²) in [5, 5.41) is 19.6. The van der Waals surface area contributed by atoms with Gasteiger partial charge in [-0.1, -0.05) is 0 Å². The molecule has 1 amide bonds. The zero-order valence-corrected chi connectivity index (χ0v) is 5.99. The van der Waals surface area contributed by atoms with Gasteiger partial charge in [0.1, 0.15) is 0 Å². The van der Waals surface area contributed by atoms with Crippen molar-refractivity contribution in [3.63, 3.8) is 0 Å². The van der Waals surface area contributed by atoms with Gasteiger partial charge in [0, 0.05) is 0 Å². The molecule has 2 unspecified atom stereocenters. The zero-order chi connectivity index (χ0) is 8.27. The Balaban J connectivity index is 2.28. The number of aliphatic hydroxyl groups excluding tert-OH is 1. The van der Waals surface area contributed by atoms with Crippen LogP contribution in [0.15, 0.2) is 0 Å². The Morgan fingerprint density at radius 3 is 2.82 bits per heavy atom. The predicted molar refractivity (Wildman–Crippen MR) is 36.4 cm³/mol. The van der Waals surface area contributed by atoms with Crippen LogP contribution in [-0.2, 0) is 4.74 Å². The molecule has 0 aliphatic carbocycles. The Bertz CT molecular complexity index is 150. The van der Waals surface area contributed by atoms with Crippen molar-refractivity contribution in [1.82, 2.24) is 5.32 Å². The van der Waals surface area contributed by atoms with E-state index in [2.05, 4.69) is 5.32 Å². The van der Waals surface area contributed by atoms with Crippen LogP contribution in [-0.4, -0.2) is 41.7 Å². The minimum atomic E-state index is -1.08. The Kier molecular flexibility index (Phi) is 2.67. The summed E-state index contributed by atoms with van der Waals surface area (Å²) < 4.78 is 4.92. The first kappa shape index (κ1) is 8.29. The molecule has 0 aromatic carbocycles. The second-order valence-electron chi connectivity index (χ2n) is 2.57. The van der Waals surface area contributed by atoms with E-state index in [0.717, 1.165) is 0 Å². The molecule has 1 aliphatic rings. The summed E-state index contributed by atoms with van der Waals surface area (Å²) in [4.78, 5) is 10.1. The molecule has 1 heterocycles. The number of nitrogens with one attached hydrogen (secondary N) is 1. The topological polar surface area (TPSA) is 78.8 Å². The molecule has 0 bridgehead atoms. The molecule has 11 heavy (non-hydrogen) atoms. The third kappa shape index (κ3) is 2.73. The maximum atomic E-state index is 10.1. The van der Waals surface area contributed by atoms with Gasteiger partial charge in [-0.2, -0.15) is 0 Å². The molecule has 1 rings (SSSR count). The smallest absolute Gasteiger partial charge is 0.404 e. The van der Waals surface area contributed by atoms with E-state index in [1.165, 1.54) is 0 Å². The van der Waals surface area contributed by atoms with E-state index in [1.807, 2.05) is 0 Å². The zero-order valence-electron chi connectivity index (χ0n) is 5.99. The SMILES string of the molecule is O=C(O)NC1COCC(O)C1. The molecule has 3 N–H and O–H groups in total. The molecule has 5 heteroatoms. The highest BCUT2D eigenvalue weighted by atomic mass is 16.5. The lowest BCUT2D eigenvalue weighted by atomic mass is 10.1. The van der Waals surface area contributed by atoms with E-state index in [4.69, 9.17) is 14.9 Å². The summed E-state index contributed by atoms with van der Waals surface area (Å²) in [7, 11) is 0. The molecule has 1 saturated heterocycles. The number of hydrogen-bond donors (Lipinski definition) is 3. The molecule has 0 saturated carbocycles. The fourth-order valence-corrected chi connectivity index (χ4v) is 1.09. The maximum absolute atomic E-state index is 10.1. The second kappa shape index (κ2) is 3.54. The van der Waals surface area contributed by atoms with Crippen molar-refractivity contribution < 1.29 is 19.7 Å². The number of rotatable bonds is 1. The van der Waals surface area contributed by atoms with Gasteiger partial charge in [-0.05, 0) is 6.42 Å². The Morgan fingerprint density at radius 1 is 1.55 bits per heavy atom. The summed E-state index contributed by atoms with van der Waals surface area (Å²) in [6, 6.07) is -0.267. The maximum Gasteiger partial charge on any atom is 0.404 e. The number of hydrogen-bond acceptors (Lipinski definition) is 3. The molecule has 0 aromatic rings. The van der Waals surface area contributed by atoms with Crippen LogP contribution in [0.2, 0.25) is 0 Å². The number of amides is 1. The molecule has 1 aliphatic heterocycles. The monoisotopic (exact) mass is 161 g/mol. The lowest BCUT2D eigenvalue weighted by molar-refractivity contribution is -0.0218. The van der Waals surface area contributed by atoms with Crippen LogP contribution in [0.5, 0.6) is 0 Å². The van der Waals surface area contributed by atoms with Gasteiger partial charge in [0.25, 0.3) is 0 Å². The van der Waals surface area contributed by atoms with Gasteiger partial charge >= 0.3 is 6.09 Å². The van der Waals surface area contributed by atoms with E-state index in [-0.39, 0.29) is 6.04 Å². The number of carboxylic acid groups (broad SMARTS) is 1. The summed E-state index contributed by atoms with van der Waals surface area (Å²) in [6.45, 7) is 0.654. The van der Waals surface area contributed by atoms with Gasteiger partial charge in [-0.15, -0.1) is 0 Å². The van der Waals surface area contributed by atoms with Crippen molar-refractivity contribution in [2.45, 2.75) is 18.6 Å². The van der Waals surface area contributed by atoms with Crippen LogP contribution in [0.1, 0.15) is 6.42 Å². The lowest BCUT2D eigenvalue weighted by Gasteiger charge is -2.25. The average Bonchev–Trinajstić information content (AvgIpc) is 1.85. The van der Waals surface area contributed by atoms with Crippen LogP contribution in [0.25, 0.3) is 0 Å². The van der Waals surface area contributed by atoms with Crippen molar-refractivity contribution in [3.05, 3.63) is 0 Å². The van der Waals surface area contributed by atoms with Crippen molar-refractivity contribution >= 4 is 6.09 Å². The molecule has 1 fully saturated rings. The normalized spacial score (nSPS) is 31.4. The second-order valence-corrected chi connectivity index (χ2v) is 2.57. The van der Waals surface area contributed by atoms with Gasteiger partial charge in [-0.25, -0.2) is 4.79 Å². The molecule has 0 aromatic heterocycles. The molecule has 0 radical (unpaired) electrons. The van der Waals surface area contributed by atoms with E-state index in [1.54, 1.807) is 0 Å². The predicted octanol–water partition coefficient (Wildman–Crippen LogP) is -0.596. The molecule has 5 nitrogen and oxygen atoms in total. The third-order valence-electron chi connectivity index (χ3n) is 1.51. The lowest BCUT2D eigenvalue weighted by Crippen LogP contribution is -2.44. The molecule has 2 atom stereocenters. The minimum Gasteiger partial charge on any atom is -0.465 e. The van der Waals surface area contributed by atoms with E-state index in [9.17, 15) is 4.79 Å². The van der Waals surface area contributed by atoms with E-state index < -0.39 is 12.2 Å². The highest BCUT2D eigenvalue weighted by Gasteiger charge is 2.21. The summed E-state index contributed by atoms with van der Waals surface area (Å²) in [5.74, 6) is 0. The van der Waals surface area contributed by atoms with Crippen molar-refractivity contribution in [2.75, 3.05) is 13.2 Å². The van der Waals surface area contributed by atoms with Gasteiger partial charge in [0.2, 0.25) is 0 Å². The fraction of sp³-hybridized carbons (Fsp3) is 0.833. The Labute approximate surface area is 64.0 Å². The minimum absolute atomic E-state index is 0.267. The first-order chi connectivity index (χ1) is 5.18. The average molecular weight is 161 g/mol. The van der Waals surface area contributed by atoms with Crippen molar-refractivity contribution in [3.8, 4) is 0 Å². The Morgan fingerprint density at radius 2 is 2.27 bits per heavy atom. The highest BCUT2D eigenvalue weighted by Crippen LogP contribution is 2.06. The van der Waals surface area contributed by atoms with Crippen LogP contribution >= 0.6 is 0 Å². The molecular weight excluding hydrogens is 150 g/mol. The van der Waals surface area contributed by atoms with Crippen molar-refractivity contribution in [2.24, 2.45) is 0 Å². The van der Waals surface area contributed by atoms with Gasteiger partial charge < -0.3 is 20.3 Å². The van der Waals surface area contributed by atoms with Gasteiger partial charge in [0.15, 0.2) is 0 Å². The molecular formula is C6H11NO4. The van der Waals surface area contributed by atoms with Crippen LogP contribution in [0.3, 0.4) is 0 Å². The number of aliphatic hydroxyl groups is 1. The molecule has 64 valence electrons. The van der Waals surface area contributed by atoms with Crippen molar-refractivity contribution in [1.29, 1.82) is 0 Å². The van der Waals surface area contributed by atoms with Gasteiger partial charge in [-0.3, -0.25) is 0 Å². The van der Waals surface area contributed by atoms with Crippen LogP contribution in [0.4, 0.5) is 4.79 Å². The first-order valence-corrected chi connectivity index (χ1v) is 3.43.